The van der Waals surface area contributed by atoms with Gasteiger partial charge in [0.25, 0.3) is 0 Å². The third-order valence-electron chi connectivity index (χ3n) is 4.16. The summed E-state index contributed by atoms with van der Waals surface area (Å²) in [5.74, 6) is 1.49. The zero-order valence-corrected chi connectivity index (χ0v) is 14.9. The van der Waals surface area contributed by atoms with E-state index in [9.17, 15) is 0 Å². The molecule has 5 heteroatoms. The van der Waals surface area contributed by atoms with Crippen molar-refractivity contribution in [1.29, 1.82) is 0 Å². The molecule has 0 saturated heterocycles. The number of hydrogen-bond donors (Lipinski definition) is 2. The van der Waals surface area contributed by atoms with E-state index >= 15 is 0 Å². The van der Waals surface area contributed by atoms with Crippen molar-refractivity contribution in [3.05, 3.63) is 0 Å². The first-order valence-electron chi connectivity index (χ1n) is 8.71. The Morgan fingerprint density at radius 3 is 2.55 bits per heavy atom. The third-order valence-corrected chi connectivity index (χ3v) is 4.16. The molecule has 1 aliphatic rings. The zero-order valence-electron chi connectivity index (χ0n) is 14.9. The van der Waals surface area contributed by atoms with Crippen LogP contribution >= 0.6 is 0 Å². The highest BCUT2D eigenvalue weighted by Crippen LogP contribution is 2.44. The van der Waals surface area contributed by atoms with Crippen LogP contribution in [0, 0.1) is 11.3 Å². The lowest BCUT2D eigenvalue weighted by molar-refractivity contribution is 0.0778. The van der Waals surface area contributed by atoms with Crippen LogP contribution < -0.4 is 10.6 Å². The molecule has 0 bridgehead atoms. The van der Waals surface area contributed by atoms with Gasteiger partial charge in [0.1, 0.15) is 0 Å². The number of hydrogen-bond acceptors (Lipinski definition) is 3. The normalized spacial score (nSPS) is 17.4. The van der Waals surface area contributed by atoms with E-state index in [1.165, 1.54) is 19.3 Å². The maximum atomic E-state index is 5.59. The molecule has 0 spiro atoms. The molecule has 0 radical (unpaired) electrons. The van der Waals surface area contributed by atoms with Gasteiger partial charge in [-0.3, -0.25) is 4.99 Å². The summed E-state index contributed by atoms with van der Waals surface area (Å²) < 4.78 is 10.8. The van der Waals surface area contributed by atoms with Gasteiger partial charge in [-0.25, -0.2) is 0 Å². The molecule has 0 unspecified atom stereocenters. The highest BCUT2D eigenvalue weighted by Gasteiger charge is 2.36. The Bertz CT molecular complexity index is 315. The second-order valence-electron chi connectivity index (χ2n) is 6.69. The van der Waals surface area contributed by atoms with Gasteiger partial charge in [-0.05, 0) is 37.5 Å². The van der Waals surface area contributed by atoms with Crippen LogP contribution in [0.1, 0.15) is 46.5 Å². The second kappa shape index (κ2) is 10.8. The Hall–Kier alpha value is -0.810. The molecular weight excluding hydrogens is 278 g/mol. The Kier molecular flexibility index (Phi) is 9.48. The van der Waals surface area contributed by atoms with Crippen LogP contribution in [0.5, 0.6) is 0 Å². The van der Waals surface area contributed by atoms with Crippen LogP contribution in [-0.2, 0) is 9.47 Å². The molecule has 22 heavy (non-hydrogen) atoms. The van der Waals surface area contributed by atoms with Crippen molar-refractivity contribution in [2.24, 2.45) is 16.3 Å². The lowest BCUT2D eigenvalue weighted by Gasteiger charge is -2.40. The maximum Gasteiger partial charge on any atom is 0.191 e. The summed E-state index contributed by atoms with van der Waals surface area (Å²) in [4.78, 5) is 4.78. The lowest BCUT2D eigenvalue weighted by Crippen LogP contribution is -2.41. The van der Waals surface area contributed by atoms with Crippen LogP contribution in [0.4, 0.5) is 0 Å². The van der Waals surface area contributed by atoms with E-state index in [1.807, 2.05) is 0 Å². The molecule has 2 N–H and O–H groups in total. The Labute approximate surface area is 136 Å². The molecule has 0 aromatic heterocycles. The van der Waals surface area contributed by atoms with E-state index < -0.39 is 0 Å². The summed E-state index contributed by atoms with van der Waals surface area (Å²) in [5.41, 5.74) is 0.368. The van der Waals surface area contributed by atoms with Crippen molar-refractivity contribution < 1.29 is 9.47 Å². The Morgan fingerprint density at radius 2 is 2.00 bits per heavy atom. The molecule has 0 atom stereocenters. The van der Waals surface area contributed by atoms with Gasteiger partial charge >= 0.3 is 0 Å². The number of aliphatic imine (C=N–C) groups is 1. The van der Waals surface area contributed by atoms with Crippen LogP contribution in [0.2, 0.25) is 0 Å². The van der Waals surface area contributed by atoms with E-state index in [0.29, 0.717) is 11.3 Å². The Morgan fingerprint density at radius 1 is 1.23 bits per heavy atom. The number of nitrogens with one attached hydrogen (secondary N) is 2. The highest BCUT2D eigenvalue weighted by atomic mass is 16.5. The van der Waals surface area contributed by atoms with Crippen molar-refractivity contribution in [3.8, 4) is 0 Å². The van der Waals surface area contributed by atoms with Crippen molar-refractivity contribution in [2.45, 2.75) is 46.5 Å². The molecule has 130 valence electrons. The SMILES string of the molecule is CCNC(=NCC1(CCOC)CCC1)NCCOCC(C)C. The third kappa shape index (κ3) is 7.45. The molecule has 1 fully saturated rings. The molecule has 0 aromatic carbocycles. The number of nitrogens with zero attached hydrogens (tertiary/aromatic N) is 1. The smallest absolute Gasteiger partial charge is 0.191 e. The molecule has 5 nitrogen and oxygen atoms in total. The van der Waals surface area contributed by atoms with Gasteiger partial charge in [0.2, 0.25) is 0 Å². The van der Waals surface area contributed by atoms with Gasteiger partial charge in [-0.15, -0.1) is 0 Å². The number of guanidine groups is 1. The average Bonchev–Trinajstić information content (AvgIpc) is 2.45. The fourth-order valence-corrected chi connectivity index (χ4v) is 2.63. The van der Waals surface area contributed by atoms with Crippen molar-refractivity contribution >= 4 is 5.96 Å². The van der Waals surface area contributed by atoms with Crippen molar-refractivity contribution in [3.63, 3.8) is 0 Å². The number of rotatable bonds is 11. The molecule has 0 aromatic rings. The topological polar surface area (TPSA) is 54.9 Å². The first kappa shape index (κ1) is 19.2. The summed E-state index contributed by atoms with van der Waals surface area (Å²) >= 11 is 0. The van der Waals surface area contributed by atoms with Crippen LogP contribution in [0.25, 0.3) is 0 Å². The van der Waals surface area contributed by atoms with Gasteiger partial charge in [-0.1, -0.05) is 20.3 Å². The number of ether oxygens (including phenoxy) is 2. The second-order valence-corrected chi connectivity index (χ2v) is 6.69. The molecule has 0 aliphatic heterocycles. The standard InChI is InChI=1S/C17H35N3O2/c1-5-18-16(19-10-12-22-13-15(2)3)20-14-17(7-6-8-17)9-11-21-4/h15H,5-14H2,1-4H3,(H2,18,19,20). The quantitative estimate of drug-likeness (QED) is 0.349. The highest BCUT2D eigenvalue weighted by molar-refractivity contribution is 5.79. The van der Waals surface area contributed by atoms with E-state index in [2.05, 4.69) is 31.4 Å². The van der Waals surface area contributed by atoms with Gasteiger partial charge in [0.15, 0.2) is 5.96 Å². The molecule has 1 aliphatic carbocycles. The van der Waals surface area contributed by atoms with Crippen LogP contribution in [0.15, 0.2) is 4.99 Å². The van der Waals surface area contributed by atoms with Crippen LogP contribution in [0.3, 0.4) is 0 Å². The van der Waals surface area contributed by atoms with Gasteiger partial charge in [0.05, 0.1) is 6.61 Å². The maximum absolute atomic E-state index is 5.59. The minimum Gasteiger partial charge on any atom is -0.385 e. The predicted molar refractivity (Wildman–Crippen MR) is 92.4 cm³/mol. The summed E-state index contributed by atoms with van der Waals surface area (Å²) in [7, 11) is 1.78. The van der Waals surface area contributed by atoms with E-state index in [-0.39, 0.29) is 0 Å². The van der Waals surface area contributed by atoms with E-state index in [1.54, 1.807) is 7.11 Å². The minimum absolute atomic E-state index is 0.368. The monoisotopic (exact) mass is 313 g/mol. The Balaban J connectivity index is 2.34. The lowest BCUT2D eigenvalue weighted by atomic mass is 9.67. The summed E-state index contributed by atoms with van der Waals surface area (Å²) in [6.07, 6.45) is 4.99. The molecule has 1 rings (SSSR count). The largest absolute Gasteiger partial charge is 0.385 e. The zero-order chi connectivity index (χ0) is 16.3. The molecule has 1 saturated carbocycles. The van der Waals surface area contributed by atoms with E-state index in [0.717, 1.165) is 51.8 Å². The van der Waals surface area contributed by atoms with E-state index in [4.69, 9.17) is 14.5 Å². The van der Waals surface area contributed by atoms with Crippen LogP contribution in [-0.4, -0.2) is 52.5 Å². The van der Waals surface area contributed by atoms with Gasteiger partial charge in [-0.2, -0.15) is 0 Å². The van der Waals surface area contributed by atoms with Crippen molar-refractivity contribution in [2.75, 3.05) is 46.6 Å². The number of methoxy groups -OCH3 is 1. The minimum atomic E-state index is 0.368. The first-order chi connectivity index (χ1) is 10.6. The summed E-state index contributed by atoms with van der Waals surface area (Å²) in [5, 5.41) is 6.67. The van der Waals surface area contributed by atoms with Crippen molar-refractivity contribution in [1.82, 2.24) is 10.6 Å². The van der Waals surface area contributed by atoms with Gasteiger partial charge < -0.3 is 20.1 Å². The summed E-state index contributed by atoms with van der Waals surface area (Å²) in [6, 6.07) is 0. The molecule has 0 amide bonds. The fourth-order valence-electron chi connectivity index (χ4n) is 2.63. The first-order valence-corrected chi connectivity index (χ1v) is 8.71. The summed E-state index contributed by atoms with van der Waals surface area (Å²) in [6.45, 7) is 11.4. The van der Waals surface area contributed by atoms with Gasteiger partial charge in [0, 0.05) is 40.0 Å². The molecule has 0 heterocycles. The fraction of sp³-hybridized carbons (Fsp3) is 0.941. The average molecular weight is 313 g/mol. The molecular formula is C17H35N3O2. The predicted octanol–water partition coefficient (Wildman–Crippen LogP) is 2.42.